The number of allylic oxidation sites excluding steroid dienone is 3. The second-order valence-corrected chi connectivity index (χ2v) is 12.5. The van der Waals surface area contributed by atoms with Crippen molar-refractivity contribution in [3.8, 4) is 11.5 Å². The molecule has 1 N–H and O–H groups in total. The van der Waals surface area contributed by atoms with Gasteiger partial charge in [-0.05, 0) is 33.4 Å². The molecule has 0 heterocycles. The first-order chi connectivity index (χ1) is 12.0. The van der Waals surface area contributed by atoms with E-state index in [0.29, 0.717) is 0 Å². The molecule has 0 aliphatic heterocycles. The summed E-state index contributed by atoms with van der Waals surface area (Å²) in [7, 11) is -1.49. The Morgan fingerprint density at radius 2 is 1.60 bits per heavy atom. The lowest BCUT2D eigenvalue weighted by atomic mass is 9.68. The van der Waals surface area contributed by atoms with Gasteiger partial charge >= 0.3 is 0 Å². The Bertz CT molecular complexity index is 962. The molecule has 0 radical (unpaired) electrons. The van der Waals surface area contributed by atoms with Gasteiger partial charge in [-0.15, -0.1) is 5.54 Å². The zero-order valence-corrected chi connectivity index (χ0v) is 15.9. The van der Waals surface area contributed by atoms with Gasteiger partial charge in [-0.25, -0.2) is 0 Å². The van der Waals surface area contributed by atoms with Gasteiger partial charge in [0.2, 0.25) is 0 Å². The maximum Gasteiger partial charge on any atom is 0.129 e. The van der Waals surface area contributed by atoms with Crippen LogP contribution in [0.25, 0.3) is 11.1 Å². The summed E-state index contributed by atoms with van der Waals surface area (Å²) >= 11 is 0. The average Bonchev–Trinajstić information content (AvgIpc) is 2.56. The lowest BCUT2D eigenvalue weighted by molar-refractivity contribution is 0.218. The lowest BCUT2D eigenvalue weighted by Gasteiger charge is -2.36. The normalized spacial score (nSPS) is 18.8. The number of hydrogen-bond donors (Lipinski definition) is 1. The van der Waals surface area contributed by atoms with Crippen LogP contribution in [0.5, 0.6) is 0 Å². The topological polar surface area (TPSA) is 20.2 Å². The molecule has 1 unspecified atom stereocenters. The number of fused-ring (bicyclic) bond motifs is 3. The first-order valence-electron chi connectivity index (χ1n) is 8.78. The van der Waals surface area contributed by atoms with Gasteiger partial charge in [-0.3, -0.25) is 0 Å². The number of rotatable bonds is 1. The molecular weight excluding hydrogens is 320 g/mol. The van der Waals surface area contributed by atoms with E-state index in [-0.39, 0.29) is 0 Å². The van der Waals surface area contributed by atoms with Gasteiger partial charge in [0.05, 0.1) is 0 Å². The van der Waals surface area contributed by atoms with Crippen LogP contribution >= 0.6 is 0 Å². The van der Waals surface area contributed by atoms with Gasteiger partial charge in [0.1, 0.15) is 14.2 Å². The van der Waals surface area contributed by atoms with Crippen molar-refractivity contribution in [3.05, 3.63) is 82.4 Å². The first kappa shape index (κ1) is 16.1. The molecule has 1 nitrogen and oxygen atoms in total. The third kappa shape index (κ3) is 2.80. The Morgan fingerprint density at radius 1 is 0.920 bits per heavy atom. The number of benzene rings is 2. The smallest absolute Gasteiger partial charge is 0.129 e. The molecule has 2 aliphatic carbocycles. The van der Waals surface area contributed by atoms with E-state index in [1.54, 1.807) is 0 Å². The van der Waals surface area contributed by atoms with Gasteiger partial charge in [0.15, 0.2) is 0 Å². The zero-order chi connectivity index (χ0) is 17.6. The summed E-state index contributed by atoms with van der Waals surface area (Å²) in [5, 5.41) is 10.9. The minimum absolute atomic E-state index is 0.601. The highest BCUT2D eigenvalue weighted by Crippen LogP contribution is 2.54. The summed E-state index contributed by atoms with van der Waals surface area (Å²) in [4.78, 5) is 0. The molecule has 124 valence electrons. The maximum absolute atomic E-state index is 10.9. The highest BCUT2D eigenvalue weighted by atomic mass is 28.3. The largest absolute Gasteiger partial charge is 0.383 e. The van der Waals surface area contributed by atoms with Crippen molar-refractivity contribution in [1.82, 2.24) is 0 Å². The fourth-order valence-corrected chi connectivity index (χ4v) is 4.06. The predicted molar refractivity (Wildman–Crippen MR) is 107 cm³/mol. The van der Waals surface area contributed by atoms with Crippen molar-refractivity contribution in [2.75, 3.05) is 0 Å². The van der Waals surface area contributed by atoms with E-state index >= 15 is 0 Å². The van der Waals surface area contributed by atoms with Crippen LogP contribution in [0.15, 0.2) is 65.7 Å². The van der Waals surface area contributed by atoms with E-state index in [9.17, 15) is 5.11 Å². The third-order valence-corrected chi connectivity index (χ3v) is 5.65. The fraction of sp³-hybridized carbons (Fsp3) is 0.217. The Kier molecular flexibility index (Phi) is 3.79. The van der Waals surface area contributed by atoms with Crippen LogP contribution in [0.4, 0.5) is 0 Å². The van der Waals surface area contributed by atoms with Crippen LogP contribution in [-0.2, 0) is 0 Å². The van der Waals surface area contributed by atoms with Crippen LogP contribution in [0.3, 0.4) is 0 Å². The minimum atomic E-state index is -1.49. The Morgan fingerprint density at radius 3 is 2.32 bits per heavy atom. The van der Waals surface area contributed by atoms with E-state index in [1.165, 1.54) is 22.3 Å². The van der Waals surface area contributed by atoms with Crippen molar-refractivity contribution in [1.29, 1.82) is 0 Å². The molecule has 2 heteroatoms. The van der Waals surface area contributed by atoms with Crippen molar-refractivity contribution in [2.45, 2.75) is 32.2 Å². The summed E-state index contributed by atoms with van der Waals surface area (Å²) < 4.78 is 0. The van der Waals surface area contributed by atoms with Gasteiger partial charge in [-0.2, -0.15) is 0 Å². The Labute approximate surface area is 150 Å². The lowest BCUT2D eigenvalue weighted by Crippen LogP contribution is -2.21. The van der Waals surface area contributed by atoms with Crippen molar-refractivity contribution >= 4 is 19.2 Å². The zero-order valence-electron chi connectivity index (χ0n) is 14.9. The predicted octanol–water partition coefficient (Wildman–Crippen LogP) is 5.23. The molecule has 2 aromatic rings. The van der Waals surface area contributed by atoms with Gasteiger partial charge in [0, 0.05) is 12.0 Å². The highest BCUT2D eigenvalue weighted by molar-refractivity contribution is 6.83. The molecule has 0 amide bonds. The maximum atomic E-state index is 10.9. The summed E-state index contributed by atoms with van der Waals surface area (Å²) in [5.74, 6) is 3.36. The molecule has 2 aliphatic rings. The van der Waals surface area contributed by atoms with Crippen molar-refractivity contribution < 1.29 is 5.11 Å². The Balaban J connectivity index is 1.93. The second kappa shape index (κ2) is 5.88. The molecule has 2 aromatic carbocycles. The molecule has 0 bridgehead atoms. The molecule has 0 spiro atoms. The molecule has 0 fully saturated rings. The second-order valence-electron chi connectivity index (χ2n) is 7.78. The molecular formula is C23H22OSi. The number of hydrogen-bond acceptors (Lipinski definition) is 1. The van der Waals surface area contributed by atoms with Crippen molar-refractivity contribution in [2.24, 2.45) is 0 Å². The van der Waals surface area contributed by atoms with Crippen LogP contribution in [0.2, 0.25) is 19.6 Å². The standard InChI is InChI=1S/C23H22OSi/c1-25(2,3)14-13-19-21-15-20(16-9-5-4-6-10-16)22(21)17-11-7-8-12-18(17)23(19)24/h4-12,23-24H,15H2,1-3H3. The number of aliphatic hydroxyl groups is 1. The van der Waals surface area contributed by atoms with Crippen LogP contribution in [-0.4, -0.2) is 13.2 Å². The van der Waals surface area contributed by atoms with Crippen LogP contribution in [0.1, 0.15) is 29.2 Å². The van der Waals surface area contributed by atoms with E-state index in [1.807, 2.05) is 18.2 Å². The molecule has 0 aromatic heterocycles. The monoisotopic (exact) mass is 342 g/mol. The quantitative estimate of drug-likeness (QED) is 0.556. The van der Waals surface area contributed by atoms with E-state index in [2.05, 4.69) is 67.5 Å². The highest BCUT2D eigenvalue weighted by Gasteiger charge is 2.36. The first-order valence-corrected chi connectivity index (χ1v) is 12.3. The van der Waals surface area contributed by atoms with Gasteiger partial charge in [0.25, 0.3) is 0 Å². The Hall–Kier alpha value is -2.34. The van der Waals surface area contributed by atoms with Crippen LogP contribution in [0, 0.1) is 11.5 Å². The van der Waals surface area contributed by atoms with Gasteiger partial charge < -0.3 is 5.11 Å². The van der Waals surface area contributed by atoms with Crippen molar-refractivity contribution in [3.63, 3.8) is 0 Å². The summed E-state index contributed by atoms with van der Waals surface area (Å²) in [5.41, 5.74) is 11.6. The molecule has 0 saturated heterocycles. The summed E-state index contributed by atoms with van der Waals surface area (Å²) in [6, 6.07) is 18.8. The van der Waals surface area contributed by atoms with E-state index < -0.39 is 14.2 Å². The van der Waals surface area contributed by atoms with E-state index in [0.717, 1.165) is 23.1 Å². The SMILES string of the molecule is C[Si](C)(C)C#CC1=C2CC(c3ccccc3)=C2c2ccccc2C1O. The number of aliphatic hydroxyl groups excluding tert-OH is 1. The summed E-state index contributed by atoms with van der Waals surface area (Å²) in [6.07, 6.45) is 0.289. The molecule has 4 rings (SSSR count). The molecule has 0 saturated carbocycles. The third-order valence-electron chi connectivity index (χ3n) is 4.77. The van der Waals surface area contributed by atoms with Gasteiger partial charge in [-0.1, -0.05) is 80.2 Å². The summed E-state index contributed by atoms with van der Waals surface area (Å²) in [6.45, 7) is 6.71. The minimum Gasteiger partial charge on any atom is -0.383 e. The van der Waals surface area contributed by atoms with Crippen LogP contribution < -0.4 is 0 Å². The van der Waals surface area contributed by atoms with E-state index in [4.69, 9.17) is 0 Å². The fourth-order valence-electron chi connectivity index (χ4n) is 3.55. The molecule has 1 atom stereocenters. The average molecular weight is 343 g/mol. The molecule has 25 heavy (non-hydrogen) atoms.